The fourth-order valence-electron chi connectivity index (χ4n) is 1.62. The van der Waals surface area contributed by atoms with E-state index in [1.807, 2.05) is 24.3 Å². The van der Waals surface area contributed by atoms with E-state index in [4.69, 9.17) is 0 Å². The van der Waals surface area contributed by atoms with Gasteiger partial charge in [-0.25, -0.2) is 0 Å². The Morgan fingerprint density at radius 1 is 1.50 bits per heavy atom. The molecule has 16 heavy (non-hydrogen) atoms. The van der Waals surface area contributed by atoms with Gasteiger partial charge in [-0.2, -0.15) is 5.10 Å². The molecular formula is C11H10BrFN2O. The van der Waals surface area contributed by atoms with Crippen molar-refractivity contribution in [3.8, 4) is 0 Å². The van der Waals surface area contributed by atoms with Crippen LogP contribution in [-0.2, 0) is 11.5 Å². The van der Waals surface area contributed by atoms with Crippen molar-refractivity contribution < 1.29 is 9.47 Å². The van der Waals surface area contributed by atoms with Gasteiger partial charge in [-0.15, -0.1) is 0 Å². The normalized spacial score (nSPS) is 10.6. The first-order valence-electron chi connectivity index (χ1n) is 4.77. The van der Waals surface area contributed by atoms with Crippen LogP contribution < -0.4 is 0 Å². The predicted octanol–water partition coefficient (Wildman–Crippen LogP) is 3.30. The molecule has 0 atom stereocenters. The molecular weight excluding hydrogens is 275 g/mol. The Morgan fingerprint density at radius 3 is 2.94 bits per heavy atom. The maximum Gasteiger partial charge on any atom is 0.192 e. The minimum Gasteiger partial charge on any atom is -0.293 e. The van der Waals surface area contributed by atoms with Crippen LogP contribution in [0.3, 0.4) is 0 Å². The van der Waals surface area contributed by atoms with Crippen molar-refractivity contribution in [1.82, 2.24) is 9.78 Å². The van der Waals surface area contributed by atoms with Crippen LogP contribution in [0.1, 0.15) is 5.69 Å². The zero-order chi connectivity index (χ0) is 11.5. The van der Waals surface area contributed by atoms with Crippen LogP contribution in [0.15, 0.2) is 30.8 Å². The molecule has 0 N–H and O–H groups in total. The summed E-state index contributed by atoms with van der Waals surface area (Å²) in [6, 6.07) is 7.59. The molecule has 2 rings (SSSR count). The molecule has 0 saturated heterocycles. The van der Waals surface area contributed by atoms with Crippen molar-refractivity contribution in [1.29, 1.82) is 0 Å². The molecule has 1 heterocycles. The molecule has 0 saturated carbocycles. The largest absolute Gasteiger partial charge is 0.293 e. The maximum atomic E-state index is 12.1. The average Bonchev–Trinajstić information content (AvgIpc) is 2.68. The smallest absolute Gasteiger partial charge is 0.192 e. The number of halogens is 2. The predicted molar refractivity (Wildman–Crippen MR) is 64.8 cm³/mol. The number of fused-ring (bicyclic) bond motifs is 1. The highest BCUT2D eigenvalue weighted by Gasteiger charge is 2.13. The first-order chi connectivity index (χ1) is 7.77. The Balaban J connectivity index is 2.61. The number of alkyl halides is 1. The number of para-hydroxylation sites is 1. The van der Waals surface area contributed by atoms with Gasteiger partial charge in [0.1, 0.15) is 5.69 Å². The topological polar surface area (TPSA) is 27.1 Å². The lowest BCUT2D eigenvalue weighted by molar-refractivity contribution is -0.0420. The van der Waals surface area contributed by atoms with Crippen molar-refractivity contribution in [2.45, 2.75) is 6.54 Å². The van der Waals surface area contributed by atoms with Crippen molar-refractivity contribution in [2.24, 2.45) is 0 Å². The Kier molecular flexibility index (Phi) is 3.24. The van der Waals surface area contributed by atoms with Gasteiger partial charge in [0, 0.05) is 15.2 Å². The van der Waals surface area contributed by atoms with Gasteiger partial charge in [0.25, 0.3) is 0 Å². The third-order valence-corrected chi connectivity index (χ3v) is 2.67. The Labute approximate surface area is 101 Å². The zero-order valence-corrected chi connectivity index (χ0v) is 10.1. The van der Waals surface area contributed by atoms with E-state index in [0.717, 1.165) is 16.2 Å². The van der Waals surface area contributed by atoms with E-state index in [2.05, 4.69) is 32.5 Å². The van der Waals surface area contributed by atoms with Crippen LogP contribution in [0.25, 0.3) is 16.7 Å². The van der Waals surface area contributed by atoms with Gasteiger partial charge in [-0.1, -0.05) is 34.1 Å². The second-order valence-electron chi connectivity index (χ2n) is 3.28. The molecule has 0 unspecified atom stereocenters. The summed E-state index contributed by atoms with van der Waals surface area (Å²) >= 11 is 3.35. The quantitative estimate of drug-likeness (QED) is 0.636. The Morgan fingerprint density at radius 2 is 2.25 bits per heavy atom. The SMILES string of the molecule is C=C(OF)c1nn(CCBr)c2ccccc12. The second kappa shape index (κ2) is 4.65. The molecule has 0 aliphatic carbocycles. The van der Waals surface area contributed by atoms with Gasteiger partial charge >= 0.3 is 0 Å². The number of benzene rings is 1. The number of rotatable bonds is 4. The van der Waals surface area contributed by atoms with Gasteiger partial charge in [0.05, 0.1) is 12.1 Å². The molecule has 1 aromatic carbocycles. The summed E-state index contributed by atoms with van der Waals surface area (Å²) in [4.78, 5) is 3.65. The standard InChI is InChI=1S/C11H10BrFN2O/c1-8(16-13)11-9-4-2-3-5-10(9)15(14-11)7-6-12/h2-5H,1,6-7H2. The third-order valence-electron chi connectivity index (χ3n) is 2.31. The fourth-order valence-corrected chi connectivity index (χ4v) is 1.96. The summed E-state index contributed by atoms with van der Waals surface area (Å²) in [5.41, 5.74) is 1.38. The maximum absolute atomic E-state index is 12.1. The van der Waals surface area contributed by atoms with Crippen molar-refractivity contribution in [3.05, 3.63) is 36.5 Å². The van der Waals surface area contributed by atoms with E-state index in [1.54, 1.807) is 4.68 Å². The van der Waals surface area contributed by atoms with Crippen LogP contribution in [0.4, 0.5) is 4.53 Å². The molecule has 2 aromatic rings. The van der Waals surface area contributed by atoms with Crippen LogP contribution >= 0.6 is 15.9 Å². The van der Waals surface area contributed by atoms with E-state index < -0.39 is 0 Å². The summed E-state index contributed by atoms with van der Waals surface area (Å²) in [5.74, 6) is -0.0653. The van der Waals surface area contributed by atoms with E-state index in [-0.39, 0.29) is 5.76 Å². The summed E-state index contributed by atoms with van der Waals surface area (Å²) in [6.07, 6.45) is 0. The fraction of sp³-hybridized carbons (Fsp3) is 0.182. The van der Waals surface area contributed by atoms with E-state index in [1.165, 1.54) is 0 Å². The molecule has 0 fully saturated rings. The minimum absolute atomic E-state index is 0.0653. The molecule has 0 aliphatic rings. The molecule has 5 heteroatoms. The number of hydrogen-bond donors (Lipinski definition) is 0. The average molecular weight is 285 g/mol. The summed E-state index contributed by atoms with van der Waals surface area (Å²) in [7, 11) is 0. The van der Waals surface area contributed by atoms with Crippen molar-refractivity contribution >= 4 is 32.6 Å². The lowest BCUT2D eigenvalue weighted by Crippen LogP contribution is -2.01. The first-order valence-corrected chi connectivity index (χ1v) is 5.89. The molecule has 3 nitrogen and oxygen atoms in total. The highest BCUT2D eigenvalue weighted by atomic mass is 79.9. The molecule has 0 aliphatic heterocycles. The van der Waals surface area contributed by atoms with Crippen molar-refractivity contribution in [2.75, 3.05) is 5.33 Å². The highest BCUT2D eigenvalue weighted by molar-refractivity contribution is 9.09. The van der Waals surface area contributed by atoms with Crippen LogP contribution in [0.2, 0.25) is 0 Å². The molecule has 0 radical (unpaired) electrons. The van der Waals surface area contributed by atoms with Crippen LogP contribution in [0.5, 0.6) is 0 Å². The molecule has 0 amide bonds. The number of hydrogen-bond acceptors (Lipinski definition) is 2. The Hall–Kier alpha value is -1.36. The number of nitrogens with zero attached hydrogens (tertiary/aromatic N) is 2. The zero-order valence-electron chi connectivity index (χ0n) is 8.49. The highest BCUT2D eigenvalue weighted by Crippen LogP contribution is 2.24. The summed E-state index contributed by atoms with van der Waals surface area (Å²) < 4.78 is 13.9. The van der Waals surface area contributed by atoms with Crippen LogP contribution in [0, 0.1) is 0 Å². The van der Waals surface area contributed by atoms with Gasteiger partial charge in [0.15, 0.2) is 5.76 Å². The summed E-state index contributed by atoms with van der Waals surface area (Å²) in [5, 5.41) is 5.89. The second-order valence-corrected chi connectivity index (χ2v) is 4.07. The third kappa shape index (κ3) is 1.82. The lowest BCUT2D eigenvalue weighted by atomic mass is 10.2. The van der Waals surface area contributed by atoms with Gasteiger partial charge < -0.3 is 0 Å². The molecule has 0 spiro atoms. The first kappa shape index (κ1) is 11.1. The van der Waals surface area contributed by atoms with Crippen molar-refractivity contribution in [3.63, 3.8) is 0 Å². The summed E-state index contributed by atoms with van der Waals surface area (Å²) in [6.45, 7) is 4.19. The number of aryl methyl sites for hydroxylation is 1. The van der Waals surface area contributed by atoms with E-state index >= 15 is 0 Å². The monoisotopic (exact) mass is 284 g/mol. The molecule has 0 bridgehead atoms. The van der Waals surface area contributed by atoms with Gasteiger partial charge in [-0.3, -0.25) is 9.62 Å². The van der Waals surface area contributed by atoms with Gasteiger partial charge in [-0.05, 0) is 12.6 Å². The van der Waals surface area contributed by atoms with E-state index in [9.17, 15) is 4.53 Å². The van der Waals surface area contributed by atoms with Gasteiger partial charge in [0.2, 0.25) is 0 Å². The number of aromatic nitrogens is 2. The van der Waals surface area contributed by atoms with E-state index in [0.29, 0.717) is 12.2 Å². The molecule has 1 aromatic heterocycles. The molecule has 84 valence electrons. The minimum atomic E-state index is -0.0653. The lowest BCUT2D eigenvalue weighted by Gasteiger charge is -1.98. The van der Waals surface area contributed by atoms with Crippen LogP contribution in [-0.4, -0.2) is 15.1 Å². The Bertz CT molecular complexity index is 524.